The van der Waals surface area contributed by atoms with Gasteiger partial charge in [-0.05, 0) is 36.4 Å². The van der Waals surface area contributed by atoms with Gasteiger partial charge >= 0.3 is 0 Å². The number of H-pyrrole nitrogens is 2. The molecule has 0 amide bonds. The topological polar surface area (TPSA) is 67.2 Å². The van der Waals surface area contributed by atoms with E-state index in [2.05, 4.69) is 56.6 Å². The Morgan fingerprint density at radius 3 is 1.43 bits per heavy atom. The minimum atomic E-state index is 0.996. The predicted molar refractivity (Wildman–Crippen MR) is 111 cm³/mol. The maximum atomic E-state index is 4.17. The molecular formula is C22H18N6. The highest BCUT2D eigenvalue weighted by molar-refractivity contribution is 5.82. The van der Waals surface area contributed by atoms with E-state index in [-0.39, 0.29) is 0 Å². The molecule has 136 valence electrons. The van der Waals surface area contributed by atoms with Crippen LogP contribution in [0.3, 0.4) is 0 Å². The number of benzene rings is 2. The minimum Gasteiger partial charge on any atom is -0.340 e. The van der Waals surface area contributed by atoms with E-state index in [1.165, 1.54) is 10.8 Å². The maximum Gasteiger partial charge on any atom is 0.132 e. The summed E-state index contributed by atoms with van der Waals surface area (Å²) in [5, 5.41) is 10.7. The van der Waals surface area contributed by atoms with Crippen molar-refractivity contribution in [3.05, 3.63) is 97.6 Å². The van der Waals surface area contributed by atoms with Crippen LogP contribution in [0.15, 0.2) is 97.6 Å². The number of aromatic amines is 2. The van der Waals surface area contributed by atoms with E-state index in [0.29, 0.717) is 0 Å². The van der Waals surface area contributed by atoms with Crippen molar-refractivity contribution in [3.63, 3.8) is 0 Å². The minimum absolute atomic E-state index is 0.996. The van der Waals surface area contributed by atoms with E-state index in [1.54, 1.807) is 12.4 Å². The summed E-state index contributed by atoms with van der Waals surface area (Å²) in [7, 11) is 0. The van der Waals surface area contributed by atoms with Gasteiger partial charge in [0.15, 0.2) is 0 Å². The molecule has 6 rings (SSSR count). The van der Waals surface area contributed by atoms with Gasteiger partial charge in [0.1, 0.15) is 11.6 Å². The van der Waals surface area contributed by atoms with Crippen LogP contribution in [-0.4, -0.2) is 29.5 Å². The number of nitrogens with zero attached hydrogens (tertiary/aromatic N) is 4. The zero-order chi connectivity index (χ0) is 18.8. The molecule has 28 heavy (non-hydrogen) atoms. The van der Waals surface area contributed by atoms with Gasteiger partial charge < -0.3 is 9.97 Å². The molecule has 0 bridgehead atoms. The quantitative estimate of drug-likeness (QED) is 0.466. The lowest BCUT2D eigenvalue weighted by atomic mass is 10.2. The Labute approximate surface area is 161 Å². The highest BCUT2D eigenvalue weighted by Gasteiger charge is 2.01. The lowest BCUT2D eigenvalue weighted by molar-refractivity contribution is 0.858. The summed E-state index contributed by atoms with van der Waals surface area (Å²) in [5.41, 5.74) is 2.27. The van der Waals surface area contributed by atoms with Gasteiger partial charge in [-0.2, -0.15) is 10.2 Å². The Morgan fingerprint density at radius 2 is 1.04 bits per heavy atom. The second-order valence-electron chi connectivity index (χ2n) is 6.38. The van der Waals surface area contributed by atoms with Crippen molar-refractivity contribution in [1.82, 2.24) is 29.5 Å². The Bertz CT molecular complexity index is 1140. The maximum absolute atomic E-state index is 4.17. The summed E-state index contributed by atoms with van der Waals surface area (Å²) in [6.07, 6.45) is 7.38. The van der Waals surface area contributed by atoms with Gasteiger partial charge in [-0.3, -0.25) is 0 Å². The van der Waals surface area contributed by atoms with Gasteiger partial charge in [-0.15, -0.1) is 0 Å². The number of hydrogen-bond donors (Lipinski definition) is 2. The molecular weight excluding hydrogens is 348 g/mol. The first-order chi connectivity index (χ1) is 13.9. The number of nitrogens with one attached hydrogen (secondary N) is 2. The molecule has 0 aliphatic carbocycles. The molecule has 0 aliphatic rings. The molecule has 6 heteroatoms. The van der Waals surface area contributed by atoms with Crippen molar-refractivity contribution in [1.29, 1.82) is 0 Å². The zero-order valence-electron chi connectivity index (χ0n) is 15.0. The van der Waals surface area contributed by atoms with E-state index >= 15 is 0 Å². The monoisotopic (exact) mass is 366 g/mol. The average Bonchev–Trinajstić information content (AvgIpc) is 3.54. The first kappa shape index (κ1) is 16.1. The van der Waals surface area contributed by atoms with Crippen LogP contribution in [-0.2, 0) is 0 Å². The summed E-state index contributed by atoms with van der Waals surface area (Å²) in [6.45, 7) is 0. The molecule has 0 saturated heterocycles. The van der Waals surface area contributed by atoms with E-state index in [9.17, 15) is 0 Å². The second kappa shape index (κ2) is 6.92. The molecule has 4 heterocycles. The number of hydrogen-bond acceptors (Lipinski definition) is 2. The van der Waals surface area contributed by atoms with Gasteiger partial charge in [0.2, 0.25) is 0 Å². The molecule has 2 N–H and O–H groups in total. The van der Waals surface area contributed by atoms with Gasteiger partial charge in [-0.25, -0.2) is 9.36 Å². The van der Waals surface area contributed by atoms with Crippen LogP contribution in [0, 0.1) is 0 Å². The molecule has 2 aromatic carbocycles. The third kappa shape index (κ3) is 3.07. The van der Waals surface area contributed by atoms with Crippen molar-refractivity contribution >= 4 is 21.8 Å². The molecule has 0 unspecified atom stereocenters. The van der Waals surface area contributed by atoms with Gasteiger partial charge in [-0.1, -0.05) is 36.4 Å². The largest absolute Gasteiger partial charge is 0.340 e. The third-order valence-electron chi connectivity index (χ3n) is 4.53. The molecule has 0 atom stereocenters. The summed E-state index contributed by atoms with van der Waals surface area (Å²) >= 11 is 0. The highest BCUT2D eigenvalue weighted by atomic mass is 15.3. The highest BCUT2D eigenvalue weighted by Crippen LogP contribution is 2.17. The van der Waals surface area contributed by atoms with Crippen molar-refractivity contribution in [3.8, 4) is 11.6 Å². The molecule has 0 radical (unpaired) electrons. The van der Waals surface area contributed by atoms with Gasteiger partial charge in [0.25, 0.3) is 0 Å². The first-order valence-corrected chi connectivity index (χ1v) is 9.02. The van der Waals surface area contributed by atoms with E-state index in [4.69, 9.17) is 0 Å². The lowest BCUT2D eigenvalue weighted by Gasteiger charge is -1.93. The fourth-order valence-corrected chi connectivity index (χ4v) is 3.19. The molecule has 6 nitrogen and oxygen atoms in total. The van der Waals surface area contributed by atoms with E-state index in [1.807, 2.05) is 58.2 Å². The van der Waals surface area contributed by atoms with Crippen LogP contribution in [0.4, 0.5) is 0 Å². The Hall–Kier alpha value is -4.06. The summed E-state index contributed by atoms with van der Waals surface area (Å²) in [6, 6.07) is 24.4. The summed E-state index contributed by atoms with van der Waals surface area (Å²) in [4.78, 5) is 6.60. The van der Waals surface area contributed by atoms with Crippen molar-refractivity contribution in [2.75, 3.05) is 0 Å². The van der Waals surface area contributed by atoms with Crippen LogP contribution >= 0.6 is 0 Å². The van der Waals surface area contributed by atoms with Crippen LogP contribution in [0.5, 0.6) is 0 Å². The SMILES string of the molecule is c1ccc2[nH]c(-n3cccn3)cc2c1.c1ccc2[nH]c(-n3cccn3)cc2c1. The van der Waals surface area contributed by atoms with Gasteiger partial charge in [0.05, 0.1) is 0 Å². The lowest BCUT2D eigenvalue weighted by Crippen LogP contribution is -1.92. The molecule has 0 spiro atoms. The summed E-state index contributed by atoms with van der Waals surface area (Å²) < 4.78 is 3.64. The van der Waals surface area contributed by atoms with Crippen LogP contribution in [0.25, 0.3) is 33.4 Å². The molecule has 0 saturated carbocycles. The normalized spacial score (nSPS) is 10.9. The number of para-hydroxylation sites is 2. The molecule has 0 aliphatic heterocycles. The molecule has 4 aromatic heterocycles. The standard InChI is InChI=1S/2C11H9N3/c2*1-2-5-10-9(4-1)8-11(13-10)14-7-3-6-12-14/h2*1-8,13H. The smallest absolute Gasteiger partial charge is 0.132 e. The van der Waals surface area contributed by atoms with Crippen molar-refractivity contribution in [2.24, 2.45) is 0 Å². The summed E-state index contributed by atoms with van der Waals surface area (Å²) in [5.74, 6) is 1.99. The predicted octanol–water partition coefficient (Wildman–Crippen LogP) is 4.71. The zero-order valence-corrected chi connectivity index (χ0v) is 15.0. The van der Waals surface area contributed by atoms with E-state index < -0.39 is 0 Å². The molecule has 0 fully saturated rings. The third-order valence-corrected chi connectivity index (χ3v) is 4.53. The fourth-order valence-electron chi connectivity index (χ4n) is 3.19. The number of rotatable bonds is 2. The fraction of sp³-hybridized carbons (Fsp3) is 0. The number of fused-ring (bicyclic) bond motifs is 2. The van der Waals surface area contributed by atoms with Crippen LogP contribution in [0.1, 0.15) is 0 Å². The number of aromatic nitrogens is 6. The van der Waals surface area contributed by atoms with E-state index in [0.717, 1.165) is 22.7 Å². The Balaban J connectivity index is 0.000000122. The first-order valence-electron chi connectivity index (χ1n) is 9.02. The second-order valence-corrected chi connectivity index (χ2v) is 6.38. The average molecular weight is 366 g/mol. The Kier molecular flexibility index (Phi) is 3.99. The molecule has 6 aromatic rings. The van der Waals surface area contributed by atoms with Crippen molar-refractivity contribution < 1.29 is 0 Å². The van der Waals surface area contributed by atoms with Crippen molar-refractivity contribution in [2.45, 2.75) is 0 Å². The van der Waals surface area contributed by atoms with Gasteiger partial charge in [0, 0.05) is 46.6 Å². The van der Waals surface area contributed by atoms with Crippen LogP contribution in [0.2, 0.25) is 0 Å². The van der Waals surface area contributed by atoms with Crippen LogP contribution < -0.4 is 0 Å². The Morgan fingerprint density at radius 1 is 0.571 bits per heavy atom.